The number of piperidine rings is 1. The number of amides is 2. The summed E-state index contributed by atoms with van der Waals surface area (Å²) in [6, 6.07) is 15.7. The van der Waals surface area contributed by atoms with E-state index in [1.54, 1.807) is 4.68 Å². The first kappa shape index (κ1) is 30.8. The molecule has 1 saturated heterocycles. The summed E-state index contributed by atoms with van der Waals surface area (Å²) < 4.78 is 1.75. The van der Waals surface area contributed by atoms with Crippen LogP contribution in [0.1, 0.15) is 96.5 Å². The van der Waals surface area contributed by atoms with Gasteiger partial charge in [-0.25, -0.2) is 4.68 Å². The number of hydrogen-bond donors (Lipinski definition) is 1. The van der Waals surface area contributed by atoms with Crippen molar-refractivity contribution in [2.24, 2.45) is 0 Å². The number of fused-ring (bicyclic) bond motifs is 1. The highest BCUT2D eigenvalue weighted by Gasteiger charge is 2.32. The van der Waals surface area contributed by atoms with Gasteiger partial charge in [-0.3, -0.25) is 9.59 Å². The van der Waals surface area contributed by atoms with Gasteiger partial charge in [-0.15, -0.1) is 0 Å². The quantitative estimate of drug-likeness (QED) is 0.309. The van der Waals surface area contributed by atoms with E-state index in [-0.39, 0.29) is 24.5 Å². The summed E-state index contributed by atoms with van der Waals surface area (Å²) >= 11 is 0. The Morgan fingerprint density at radius 3 is 2.33 bits per heavy atom. The van der Waals surface area contributed by atoms with Gasteiger partial charge in [0.15, 0.2) is 5.69 Å². The van der Waals surface area contributed by atoms with Crippen LogP contribution in [0.5, 0.6) is 0 Å². The molecule has 2 aliphatic rings. The van der Waals surface area contributed by atoms with Crippen molar-refractivity contribution in [3.05, 3.63) is 76.6 Å². The molecule has 3 aromatic rings. The molecule has 2 aliphatic heterocycles. The molecule has 1 aromatic heterocycles. The number of aromatic nitrogens is 2. The molecular weight excluding hydrogens is 538 g/mol. The molecule has 2 amide bonds. The van der Waals surface area contributed by atoms with E-state index in [4.69, 9.17) is 5.10 Å². The highest BCUT2D eigenvalue weighted by atomic mass is 16.3. The second-order valence-corrected chi connectivity index (χ2v) is 12.1. The molecule has 0 aliphatic carbocycles. The molecule has 1 N–H and O–H groups in total. The number of carbonyl (C=O) groups excluding carboxylic acids is 2. The van der Waals surface area contributed by atoms with Gasteiger partial charge in [-0.05, 0) is 80.8 Å². The molecule has 1 fully saturated rings. The Hall–Kier alpha value is -3.65. The Morgan fingerprint density at radius 1 is 0.953 bits per heavy atom. The van der Waals surface area contributed by atoms with Crippen LogP contribution in [0.25, 0.3) is 5.69 Å². The Labute approximate surface area is 256 Å². The Balaban J connectivity index is 1.53. The fourth-order valence-electron chi connectivity index (χ4n) is 6.37. The van der Waals surface area contributed by atoms with Gasteiger partial charge in [0.25, 0.3) is 11.8 Å². The lowest BCUT2D eigenvalue weighted by molar-refractivity contribution is 0.0544. The third kappa shape index (κ3) is 6.80. The Bertz CT molecular complexity index is 1400. The predicted octanol–water partition coefficient (Wildman–Crippen LogP) is 5.77. The van der Waals surface area contributed by atoms with Crippen LogP contribution >= 0.6 is 0 Å². The van der Waals surface area contributed by atoms with E-state index in [0.29, 0.717) is 43.0 Å². The average Bonchev–Trinajstić information content (AvgIpc) is 3.44. The van der Waals surface area contributed by atoms with E-state index in [2.05, 4.69) is 36.9 Å². The molecule has 0 bridgehead atoms. The Morgan fingerprint density at radius 2 is 1.65 bits per heavy atom. The van der Waals surface area contributed by atoms with Crippen LogP contribution in [-0.4, -0.2) is 75.3 Å². The van der Waals surface area contributed by atoms with E-state index < -0.39 is 0 Å². The Kier molecular flexibility index (Phi) is 10.2. The molecule has 5 rings (SSSR count). The number of aliphatic hydroxyl groups is 1. The lowest BCUT2D eigenvalue weighted by Gasteiger charge is -2.37. The highest BCUT2D eigenvalue weighted by Crippen LogP contribution is 2.30. The molecule has 3 heterocycles. The second kappa shape index (κ2) is 14.2. The van der Waals surface area contributed by atoms with E-state index in [1.165, 1.54) is 12.0 Å². The van der Waals surface area contributed by atoms with Gasteiger partial charge in [0, 0.05) is 44.1 Å². The van der Waals surface area contributed by atoms with Gasteiger partial charge in [0.05, 0.1) is 23.9 Å². The molecule has 1 atom stereocenters. The monoisotopic (exact) mass is 585 g/mol. The van der Waals surface area contributed by atoms with Crippen molar-refractivity contribution < 1.29 is 14.7 Å². The fourth-order valence-corrected chi connectivity index (χ4v) is 6.37. The number of rotatable bonds is 11. The highest BCUT2D eigenvalue weighted by molar-refractivity contribution is 5.99. The number of unbranched alkanes of at least 4 members (excludes halogenated alkanes) is 2. The minimum atomic E-state index is -0.310. The molecular formula is C35H47N5O3. The SMILES string of the molecule is CCCCN(CCCC)C(=O)c1cc(C)n(-c2ccc(N3CCCCC3)cc2C(=O)N2Cc3ccccc3C[C@H]2CO)n1. The first-order chi connectivity index (χ1) is 20.9. The molecule has 0 spiro atoms. The number of nitrogens with zero attached hydrogens (tertiary/aromatic N) is 5. The van der Waals surface area contributed by atoms with E-state index >= 15 is 0 Å². The summed E-state index contributed by atoms with van der Waals surface area (Å²) in [5, 5.41) is 15.2. The van der Waals surface area contributed by atoms with Crippen molar-refractivity contribution in [3.63, 3.8) is 0 Å². The number of aryl methyl sites for hydroxylation is 1. The smallest absolute Gasteiger partial charge is 0.274 e. The van der Waals surface area contributed by atoms with Crippen LogP contribution < -0.4 is 4.90 Å². The zero-order chi connectivity index (χ0) is 30.3. The normalized spacial score (nSPS) is 16.7. The summed E-state index contributed by atoms with van der Waals surface area (Å²) in [6.07, 6.45) is 8.07. The van der Waals surface area contributed by atoms with Crippen LogP contribution in [0.15, 0.2) is 48.5 Å². The van der Waals surface area contributed by atoms with E-state index in [1.807, 2.05) is 47.1 Å². The topological polar surface area (TPSA) is 81.9 Å². The van der Waals surface area contributed by atoms with Gasteiger partial charge in [0.1, 0.15) is 0 Å². The molecule has 0 saturated carbocycles. The number of hydrogen-bond acceptors (Lipinski definition) is 5. The fraction of sp³-hybridized carbons (Fsp3) is 0.514. The van der Waals surface area contributed by atoms with E-state index in [0.717, 1.165) is 68.6 Å². The molecule has 8 heteroatoms. The van der Waals surface area contributed by atoms with Gasteiger partial charge < -0.3 is 19.8 Å². The van der Waals surface area contributed by atoms with Crippen molar-refractivity contribution in [2.75, 3.05) is 37.7 Å². The molecule has 43 heavy (non-hydrogen) atoms. The van der Waals surface area contributed by atoms with E-state index in [9.17, 15) is 14.7 Å². The maximum Gasteiger partial charge on any atom is 0.274 e. The van der Waals surface area contributed by atoms with Crippen molar-refractivity contribution in [3.8, 4) is 5.69 Å². The van der Waals surface area contributed by atoms with Crippen LogP contribution in [0.4, 0.5) is 5.69 Å². The summed E-state index contributed by atoms with van der Waals surface area (Å²) in [4.78, 5) is 34.2. The second-order valence-electron chi connectivity index (χ2n) is 12.1. The number of carbonyl (C=O) groups is 2. The summed E-state index contributed by atoms with van der Waals surface area (Å²) in [5.74, 6) is -0.188. The lowest BCUT2D eigenvalue weighted by atomic mass is 9.93. The molecule has 0 unspecified atom stereocenters. The molecule has 230 valence electrons. The number of aliphatic hydroxyl groups excluding tert-OH is 1. The van der Waals surface area contributed by atoms with Crippen molar-refractivity contribution in [1.29, 1.82) is 0 Å². The predicted molar refractivity (Wildman–Crippen MR) is 171 cm³/mol. The average molecular weight is 586 g/mol. The zero-order valence-corrected chi connectivity index (χ0v) is 26.1. The first-order valence-corrected chi connectivity index (χ1v) is 16.2. The van der Waals surface area contributed by atoms with Gasteiger partial charge in [-0.2, -0.15) is 5.10 Å². The number of benzene rings is 2. The maximum atomic E-state index is 14.5. The van der Waals surface area contributed by atoms with Crippen LogP contribution in [0.3, 0.4) is 0 Å². The summed E-state index contributed by atoms with van der Waals surface area (Å²) in [5.41, 5.74) is 5.72. The van der Waals surface area contributed by atoms with Gasteiger partial charge in [-0.1, -0.05) is 51.0 Å². The molecule has 2 aromatic carbocycles. The largest absolute Gasteiger partial charge is 0.394 e. The minimum absolute atomic E-state index is 0.0606. The van der Waals surface area contributed by atoms with Crippen LogP contribution in [0, 0.1) is 6.92 Å². The van der Waals surface area contributed by atoms with Crippen molar-refractivity contribution in [2.45, 2.75) is 84.7 Å². The zero-order valence-electron chi connectivity index (χ0n) is 26.1. The molecule has 0 radical (unpaired) electrons. The van der Waals surface area contributed by atoms with Crippen LogP contribution in [-0.2, 0) is 13.0 Å². The number of anilines is 1. The van der Waals surface area contributed by atoms with Gasteiger partial charge >= 0.3 is 0 Å². The molecule has 8 nitrogen and oxygen atoms in total. The standard InChI is InChI=1S/C35H47N5O3/c1-4-6-17-38(18-7-5-2)35(43)32-21-26(3)40(36-32)33-16-15-29(37-19-11-8-12-20-37)23-31(33)34(42)39-24-28-14-10-9-13-27(28)22-30(39)25-41/h9-10,13-16,21,23,30,41H,4-8,11-12,17-20,22,24-25H2,1-3H3/t30-/m0/s1. The minimum Gasteiger partial charge on any atom is -0.394 e. The lowest BCUT2D eigenvalue weighted by Crippen LogP contribution is -2.46. The maximum absolute atomic E-state index is 14.5. The summed E-state index contributed by atoms with van der Waals surface area (Å²) in [6.45, 7) is 9.91. The van der Waals surface area contributed by atoms with Gasteiger partial charge in [0.2, 0.25) is 0 Å². The van der Waals surface area contributed by atoms with Crippen LogP contribution in [0.2, 0.25) is 0 Å². The first-order valence-electron chi connectivity index (χ1n) is 16.2. The summed E-state index contributed by atoms with van der Waals surface area (Å²) in [7, 11) is 0. The van der Waals surface area contributed by atoms with Crippen molar-refractivity contribution >= 4 is 17.5 Å². The van der Waals surface area contributed by atoms with Crippen molar-refractivity contribution in [1.82, 2.24) is 19.6 Å². The third-order valence-electron chi connectivity index (χ3n) is 8.94. The third-order valence-corrected chi connectivity index (χ3v) is 8.94.